The Morgan fingerprint density at radius 2 is 2.04 bits per heavy atom. The number of aromatic nitrogens is 4. The van der Waals surface area contributed by atoms with Crippen LogP contribution in [0.3, 0.4) is 0 Å². The van der Waals surface area contributed by atoms with Crippen molar-refractivity contribution in [2.24, 2.45) is 5.92 Å². The number of rotatable bonds is 3. The van der Waals surface area contributed by atoms with Gasteiger partial charge in [0.05, 0.1) is 11.9 Å². The van der Waals surface area contributed by atoms with Crippen LogP contribution >= 0.6 is 0 Å². The van der Waals surface area contributed by atoms with E-state index in [1.165, 1.54) is 0 Å². The normalized spacial score (nSPS) is 17.7. The van der Waals surface area contributed by atoms with Gasteiger partial charge >= 0.3 is 0 Å². The van der Waals surface area contributed by atoms with Gasteiger partial charge in [-0.15, -0.1) is 0 Å². The minimum atomic E-state index is -0.137. The second-order valence-electron chi connectivity index (χ2n) is 6.31. The van der Waals surface area contributed by atoms with Crippen LogP contribution < -0.4 is 10.5 Å². The van der Waals surface area contributed by atoms with Crippen molar-refractivity contribution in [2.75, 3.05) is 11.4 Å². The predicted molar refractivity (Wildman–Crippen MR) is 90.1 cm³/mol. The lowest BCUT2D eigenvalue weighted by Crippen LogP contribution is -2.52. The number of fused-ring (bicyclic) bond motifs is 1. The third kappa shape index (κ3) is 2.21. The molecule has 1 aromatic carbocycles. The average molecular weight is 309 g/mol. The summed E-state index contributed by atoms with van der Waals surface area (Å²) in [7, 11) is 0. The largest absolute Gasteiger partial charge is 0.339 e. The smallest absolute Gasteiger partial charge is 0.263 e. The molecule has 1 saturated heterocycles. The third-order valence-electron chi connectivity index (χ3n) is 4.53. The second kappa shape index (κ2) is 5.22. The fourth-order valence-corrected chi connectivity index (χ4v) is 3.16. The van der Waals surface area contributed by atoms with Gasteiger partial charge in [-0.1, -0.05) is 32.0 Å². The lowest BCUT2D eigenvalue weighted by Gasteiger charge is -2.43. The molecular weight excluding hydrogens is 290 g/mol. The minimum absolute atomic E-state index is 0.137. The molecule has 3 aromatic rings. The van der Waals surface area contributed by atoms with Gasteiger partial charge in [-0.25, -0.2) is 4.68 Å². The van der Waals surface area contributed by atoms with Crippen molar-refractivity contribution in [3.8, 4) is 5.69 Å². The summed E-state index contributed by atoms with van der Waals surface area (Å²) in [6.45, 7) is 5.32. The standard InChI is InChI=1S/C17H19N5O/c1-11(2)14-8-9-21(14)17-19-15-13(16(23)20-17)10-18-22(15)12-6-4-3-5-7-12/h3-7,10-11,14H,8-9H2,1-2H3,(H,19,20,23). The van der Waals surface area contributed by atoms with Crippen LogP contribution in [0.5, 0.6) is 0 Å². The quantitative estimate of drug-likeness (QED) is 0.806. The first-order valence-corrected chi connectivity index (χ1v) is 7.95. The molecule has 6 nitrogen and oxygen atoms in total. The highest BCUT2D eigenvalue weighted by Crippen LogP contribution is 2.28. The molecule has 118 valence electrons. The molecular formula is C17H19N5O. The van der Waals surface area contributed by atoms with E-state index in [2.05, 4.69) is 28.8 Å². The van der Waals surface area contributed by atoms with E-state index >= 15 is 0 Å². The Bertz CT molecular complexity index is 896. The van der Waals surface area contributed by atoms with E-state index in [-0.39, 0.29) is 5.56 Å². The maximum atomic E-state index is 12.4. The summed E-state index contributed by atoms with van der Waals surface area (Å²) >= 11 is 0. The monoisotopic (exact) mass is 309 g/mol. The summed E-state index contributed by atoms with van der Waals surface area (Å²) in [5, 5.41) is 4.85. The highest BCUT2D eigenvalue weighted by molar-refractivity contribution is 5.76. The zero-order valence-corrected chi connectivity index (χ0v) is 13.2. The second-order valence-corrected chi connectivity index (χ2v) is 6.31. The fraction of sp³-hybridized carbons (Fsp3) is 0.353. The molecule has 3 heterocycles. The van der Waals surface area contributed by atoms with Gasteiger partial charge in [0.2, 0.25) is 5.95 Å². The van der Waals surface area contributed by atoms with Crippen LogP contribution in [-0.2, 0) is 0 Å². The summed E-state index contributed by atoms with van der Waals surface area (Å²) < 4.78 is 1.72. The molecule has 0 amide bonds. The van der Waals surface area contributed by atoms with Crippen molar-refractivity contribution in [1.29, 1.82) is 0 Å². The van der Waals surface area contributed by atoms with Crippen LogP contribution in [0.25, 0.3) is 16.7 Å². The molecule has 0 aliphatic carbocycles. The Morgan fingerprint density at radius 3 is 2.70 bits per heavy atom. The Kier molecular flexibility index (Phi) is 3.18. The molecule has 1 N–H and O–H groups in total. The Labute approximate surface area is 133 Å². The van der Waals surface area contributed by atoms with Crippen molar-refractivity contribution >= 4 is 17.0 Å². The van der Waals surface area contributed by atoms with E-state index in [1.54, 1.807) is 10.9 Å². The molecule has 0 spiro atoms. The van der Waals surface area contributed by atoms with E-state index in [4.69, 9.17) is 4.98 Å². The third-order valence-corrected chi connectivity index (χ3v) is 4.53. The van der Waals surface area contributed by atoms with Gasteiger partial charge in [0.15, 0.2) is 5.65 Å². The Balaban J connectivity index is 1.85. The summed E-state index contributed by atoms with van der Waals surface area (Å²) in [6, 6.07) is 10.2. The first-order valence-electron chi connectivity index (χ1n) is 7.95. The average Bonchev–Trinajstić information content (AvgIpc) is 2.91. The van der Waals surface area contributed by atoms with Crippen molar-refractivity contribution in [1.82, 2.24) is 19.7 Å². The Hall–Kier alpha value is -2.63. The molecule has 0 saturated carbocycles. The zero-order chi connectivity index (χ0) is 16.0. The van der Waals surface area contributed by atoms with Gasteiger partial charge in [-0.3, -0.25) is 9.78 Å². The zero-order valence-electron chi connectivity index (χ0n) is 13.2. The Morgan fingerprint density at radius 1 is 1.26 bits per heavy atom. The summed E-state index contributed by atoms with van der Waals surface area (Å²) in [4.78, 5) is 22.2. The lowest BCUT2D eigenvalue weighted by atomic mass is 9.92. The minimum Gasteiger partial charge on any atom is -0.339 e. The summed E-state index contributed by atoms with van der Waals surface area (Å²) in [5.41, 5.74) is 1.36. The molecule has 0 bridgehead atoms. The molecule has 6 heteroatoms. The number of hydrogen-bond acceptors (Lipinski definition) is 4. The number of nitrogens with zero attached hydrogens (tertiary/aromatic N) is 4. The molecule has 23 heavy (non-hydrogen) atoms. The number of H-pyrrole nitrogens is 1. The van der Waals surface area contributed by atoms with Crippen LogP contribution in [0, 0.1) is 5.92 Å². The molecule has 1 aliphatic rings. The van der Waals surface area contributed by atoms with E-state index in [1.807, 2.05) is 30.3 Å². The van der Waals surface area contributed by atoms with E-state index in [9.17, 15) is 4.79 Å². The fourth-order valence-electron chi connectivity index (χ4n) is 3.16. The number of benzene rings is 1. The van der Waals surface area contributed by atoms with Crippen LogP contribution in [-0.4, -0.2) is 32.3 Å². The van der Waals surface area contributed by atoms with Crippen LogP contribution in [0.1, 0.15) is 20.3 Å². The molecule has 1 fully saturated rings. The topological polar surface area (TPSA) is 66.8 Å². The van der Waals surface area contributed by atoms with Crippen molar-refractivity contribution < 1.29 is 0 Å². The van der Waals surface area contributed by atoms with Gasteiger partial charge in [0.1, 0.15) is 5.39 Å². The van der Waals surface area contributed by atoms with Gasteiger partial charge in [0, 0.05) is 12.6 Å². The number of aromatic amines is 1. The van der Waals surface area contributed by atoms with Crippen LogP contribution in [0.4, 0.5) is 5.95 Å². The van der Waals surface area contributed by atoms with Gasteiger partial charge in [-0.05, 0) is 24.5 Å². The predicted octanol–water partition coefficient (Wildman–Crippen LogP) is 2.34. The summed E-state index contributed by atoms with van der Waals surface area (Å²) in [6.07, 6.45) is 2.71. The van der Waals surface area contributed by atoms with Gasteiger partial charge < -0.3 is 4.90 Å². The molecule has 0 radical (unpaired) electrons. The maximum Gasteiger partial charge on any atom is 0.263 e. The molecule has 1 unspecified atom stereocenters. The molecule has 1 atom stereocenters. The number of hydrogen-bond donors (Lipinski definition) is 1. The van der Waals surface area contributed by atoms with E-state index < -0.39 is 0 Å². The van der Waals surface area contributed by atoms with Gasteiger partial charge in [0.25, 0.3) is 5.56 Å². The van der Waals surface area contributed by atoms with Gasteiger partial charge in [-0.2, -0.15) is 10.1 Å². The number of para-hydroxylation sites is 1. The molecule has 2 aromatic heterocycles. The van der Waals surface area contributed by atoms with E-state index in [0.29, 0.717) is 28.9 Å². The molecule has 4 rings (SSSR count). The highest BCUT2D eigenvalue weighted by Gasteiger charge is 2.32. The highest BCUT2D eigenvalue weighted by atomic mass is 16.1. The SMILES string of the molecule is CC(C)C1CCN1c1nc2c(cnn2-c2ccccc2)c(=O)[nH]1. The summed E-state index contributed by atoms with van der Waals surface area (Å²) in [5.74, 6) is 1.17. The number of nitrogens with one attached hydrogen (secondary N) is 1. The van der Waals surface area contributed by atoms with Crippen LogP contribution in [0.15, 0.2) is 41.3 Å². The van der Waals surface area contributed by atoms with Crippen molar-refractivity contribution in [3.63, 3.8) is 0 Å². The molecule has 1 aliphatic heterocycles. The lowest BCUT2D eigenvalue weighted by molar-refractivity contribution is 0.347. The van der Waals surface area contributed by atoms with Crippen LogP contribution in [0.2, 0.25) is 0 Å². The van der Waals surface area contributed by atoms with Crippen molar-refractivity contribution in [3.05, 3.63) is 46.9 Å². The first kappa shape index (κ1) is 14.0. The number of anilines is 1. The first-order chi connectivity index (χ1) is 11.1. The van der Waals surface area contributed by atoms with E-state index in [0.717, 1.165) is 18.7 Å². The van der Waals surface area contributed by atoms with Crippen molar-refractivity contribution in [2.45, 2.75) is 26.3 Å². The maximum absolute atomic E-state index is 12.4.